The summed E-state index contributed by atoms with van der Waals surface area (Å²) in [5, 5.41) is 2.76. The fourth-order valence-corrected chi connectivity index (χ4v) is 2.59. The Labute approximate surface area is 153 Å². The molecule has 0 aromatic heterocycles. The van der Waals surface area contributed by atoms with Gasteiger partial charge in [-0.05, 0) is 18.2 Å². The van der Waals surface area contributed by atoms with E-state index in [0.29, 0.717) is 23.6 Å². The molecule has 0 aliphatic heterocycles. The molecule has 6 heteroatoms. The van der Waals surface area contributed by atoms with Crippen LogP contribution in [0.4, 0.5) is 0 Å². The summed E-state index contributed by atoms with van der Waals surface area (Å²) in [6, 6.07) is 14.5. The molecule has 138 valence electrons. The molecule has 0 fully saturated rings. The van der Waals surface area contributed by atoms with Crippen LogP contribution in [0.2, 0.25) is 0 Å². The van der Waals surface area contributed by atoms with Gasteiger partial charge in [0.1, 0.15) is 0 Å². The highest BCUT2D eigenvalue weighted by atomic mass is 16.5. The lowest BCUT2D eigenvalue weighted by Crippen LogP contribution is -2.32. The van der Waals surface area contributed by atoms with E-state index in [0.717, 1.165) is 5.56 Å². The zero-order valence-corrected chi connectivity index (χ0v) is 15.3. The molecule has 0 saturated heterocycles. The summed E-state index contributed by atoms with van der Waals surface area (Å²) in [6.07, 6.45) is 0.224. The third-order valence-electron chi connectivity index (χ3n) is 3.98. The topological polar surface area (TPSA) is 67.9 Å². The number of carbonyl (C=O) groups is 2. The standard InChI is InChI=1S/C20H24N2O4/c1-22(14-16-10-7-11-17(25-2)19(16)26-3)18(23)12-13-21-20(24)15-8-5-4-6-9-15/h4-11H,12-14H2,1-3H3,(H,21,24). The van der Waals surface area contributed by atoms with Gasteiger partial charge < -0.3 is 19.7 Å². The Hall–Kier alpha value is -3.02. The van der Waals surface area contributed by atoms with Crippen LogP contribution in [0.3, 0.4) is 0 Å². The Balaban J connectivity index is 1.87. The van der Waals surface area contributed by atoms with Gasteiger partial charge in [0.25, 0.3) is 5.91 Å². The van der Waals surface area contributed by atoms with Gasteiger partial charge in [-0.2, -0.15) is 0 Å². The summed E-state index contributed by atoms with van der Waals surface area (Å²) in [4.78, 5) is 25.9. The van der Waals surface area contributed by atoms with E-state index in [1.54, 1.807) is 50.4 Å². The smallest absolute Gasteiger partial charge is 0.251 e. The van der Waals surface area contributed by atoms with E-state index in [9.17, 15) is 9.59 Å². The molecule has 2 rings (SSSR count). The normalized spacial score (nSPS) is 10.1. The average molecular weight is 356 g/mol. The van der Waals surface area contributed by atoms with Crippen LogP contribution < -0.4 is 14.8 Å². The molecule has 6 nitrogen and oxygen atoms in total. The lowest BCUT2D eigenvalue weighted by molar-refractivity contribution is -0.130. The van der Waals surface area contributed by atoms with Gasteiger partial charge in [-0.3, -0.25) is 9.59 Å². The molecular weight excluding hydrogens is 332 g/mol. The van der Waals surface area contributed by atoms with Crippen molar-refractivity contribution in [3.8, 4) is 11.5 Å². The Bertz CT molecular complexity index is 747. The van der Waals surface area contributed by atoms with Crippen LogP contribution in [0, 0.1) is 0 Å². The molecule has 0 radical (unpaired) electrons. The number of rotatable bonds is 8. The molecular formula is C20H24N2O4. The van der Waals surface area contributed by atoms with Crippen molar-refractivity contribution in [2.24, 2.45) is 0 Å². The molecule has 0 spiro atoms. The molecule has 0 unspecified atom stereocenters. The molecule has 1 N–H and O–H groups in total. The van der Waals surface area contributed by atoms with Gasteiger partial charge in [-0.25, -0.2) is 0 Å². The van der Waals surface area contributed by atoms with Crippen LogP contribution in [0.5, 0.6) is 11.5 Å². The van der Waals surface area contributed by atoms with Crippen LogP contribution in [0.1, 0.15) is 22.3 Å². The molecule has 0 heterocycles. The van der Waals surface area contributed by atoms with Crippen LogP contribution in [0.25, 0.3) is 0 Å². The minimum Gasteiger partial charge on any atom is -0.493 e. The molecule has 2 amide bonds. The summed E-state index contributed by atoms with van der Waals surface area (Å²) in [5.41, 5.74) is 1.44. The summed E-state index contributed by atoms with van der Waals surface area (Å²) < 4.78 is 10.7. The second-order valence-electron chi connectivity index (χ2n) is 5.77. The number of ether oxygens (including phenoxy) is 2. The predicted molar refractivity (Wildman–Crippen MR) is 99.4 cm³/mol. The van der Waals surface area contributed by atoms with E-state index >= 15 is 0 Å². The van der Waals surface area contributed by atoms with Crippen LogP contribution in [-0.2, 0) is 11.3 Å². The fraction of sp³-hybridized carbons (Fsp3) is 0.300. The van der Waals surface area contributed by atoms with Gasteiger partial charge in [0.2, 0.25) is 5.91 Å². The molecule has 0 aliphatic carbocycles. The summed E-state index contributed by atoms with van der Waals surface area (Å²) in [5.74, 6) is 0.992. The first-order valence-electron chi connectivity index (χ1n) is 8.34. The number of nitrogens with zero attached hydrogens (tertiary/aromatic N) is 1. The first-order chi connectivity index (χ1) is 12.6. The Morgan fingerprint density at radius 3 is 2.38 bits per heavy atom. The van der Waals surface area contributed by atoms with E-state index in [1.807, 2.05) is 24.3 Å². The number of benzene rings is 2. The highest BCUT2D eigenvalue weighted by Gasteiger charge is 2.15. The predicted octanol–water partition coefficient (Wildman–Crippen LogP) is 2.48. The summed E-state index contributed by atoms with van der Waals surface area (Å²) in [6.45, 7) is 0.679. The maximum atomic E-state index is 12.3. The zero-order chi connectivity index (χ0) is 18.9. The highest BCUT2D eigenvalue weighted by molar-refractivity contribution is 5.94. The first kappa shape index (κ1) is 19.3. The zero-order valence-electron chi connectivity index (χ0n) is 15.3. The van der Waals surface area contributed by atoms with E-state index < -0.39 is 0 Å². The second kappa shape index (κ2) is 9.46. The van der Waals surface area contributed by atoms with Gasteiger partial charge in [-0.1, -0.05) is 30.3 Å². The quantitative estimate of drug-likeness (QED) is 0.789. The minimum atomic E-state index is -0.185. The monoisotopic (exact) mass is 356 g/mol. The van der Waals surface area contributed by atoms with Crippen molar-refractivity contribution in [1.29, 1.82) is 0 Å². The number of hydrogen-bond donors (Lipinski definition) is 1. The number of carbonyl (C=O) groups excluding carboxylic acids is 2. The Morgan fingerprint density at radius 2 is 1.73 bits per heavy atom. The van der Waals surface area contributed by atoms with E-state index in [4.69, 9.17) is 9.47 Å². The van der Waals surface area contributed by atoms with Crippen molar-refractivity contribution >= 4 is 11.8 Å². The van der Waals surface area contributed by atoms with Crippen molar-refractivity contribution in [3.05, 3.63) is 59.7 Å². The third kappa shape index (κ3) is 4.99. The van der Waals surface area contributed by atoms with Crippen LogP contribution >= 0.6 is 0 Å². The number of nitrogens with one attached hydrogen (secondary N) is 1. The largest absolute Gasteiger partial charge is 0.493 e. The highest BCUT2D eigenvalue weighted by Crippen LogP contribution is 2.31. The molecule has 2 aromatic carbocycles. The van der Waals surface area contributed by atoms with Gasteiger partial charge in [0.05, 0.1) is 14.2 Å². The Kier molecular flexibility index (Phi) is 7.02. The maximum Gasteiger partial charge on any atom is 0.251 e. The van der Waals surface area contributed by atoms with Gasteiger partial charge in [-0.15, -0.1) is 0 Å². The first-order valence-corrected chi connectivity index (χ1v) is 8.34. The molecule has 0 aliphatic rings. The maximum absolute atomic E-state index is 12.3. The van der Waals surface area contributed by atoms with Crippen molar-refractivity contribution < 1.29 is 19.1 Å². The fourth-order valence-electron chi connectivity index (χ4n) is 2.59. The van der Waals surface area contributed by atoms with Gasteiger partial charge in [0, 0.05) is 37.7 Å². The lowest BCUT2D eigenvalue weighted by atomic mass is 10.1. The van der Waals surface area contributed by atoms with Crippen molar-refractivity contribution in [3.63, 3.8) is 0 Å². The second-order valence-corrected chi connectivity index (χ2v) is 5.77. The Morgan fingerprint density at radius 1 is 1.00 bits per heavy atom. The minimum absolute atomic E-state index is 0.0664. The molecule has 26 heavy (non-hydrogen) atoms. The van der Waals surface area contributed by atoms with E-state index in [1.165, 1.54) is 0 Å². The number of hydrogen-bond acceptors (Lipinski definition) is 4. The molecule has 2 aromatic rings. The average Bonchev–Trinajstić information content (AvgIpc) is 2.68. The van der Waals surface area contributed by atoms with Crippen molar-refractivity contribution in [1.82, 2.24) is 10.2 Å². The van der Waals surface area contributed by atoms with Crippen LogP contribution in [0.15, 0.2) is 48.5 Å². The number of methoxy groups -OCH3 is 2. The van der Waals surface area contributed by atoms with E-state index in [2.05, 4.69) is 5.32 Å². The number of para-hydroxylation sites is 1. The lowest BCUT2D eigenvalue weighted by Gasteiger charge is -2.20. The van der Waals surface area contributed by atoms with Crippen molar-refractivity contribution in [2.45, 2.75) is 13.0 Å². The molecule has 0 saturated carbocycles. The SMILES string of the molecule is COc1cccc(CN(C)C(=O)CCNC(=O)c2ccccc2)c1OC. The number of amides is 2. The van der Waals surface area contributed by atoms with Crippen molar-refractivity contribution in [2.75, 3.05) is 27.8 Å². The van der Waals surface area contributed by atoms with Gasteiger partial charge in [0.15, 0.2) is 11.5 Å². The third-order valence-corrected chi connectivity index (χ3v) is 3.98. The molecule has 0 atom stereocenters. The summed E-state index contributed by atoms with van der Waals surface area (Å²) >= 11 is 0. The van der Waals surface area contributed by atoms with Crippen LogP contribution in [-0.4, -0.2) is 44.5 Å². The van der Waals surface area contributed by atoms with Gasteiger partial charge >= 0.3 is 0 Å². The van der Waals surface area contributed by atoms with E-state index in [-0.39, 0.29) is 24.8 Å². The summed E-state index contributed by atoms with van der Waals surface area (Å²) in [7, 11) is 4.87. The molecule has 0 bridgehead atoms.